The Morgan fingerprint density at radius 1 is 1.35 bits per heavy atom. The summed E-state index contributed by atoms with van der Waals surface area (Å²) >= 11 is 8.32. The van der Waals surface area contributed by atoms with Gasteiger partial charge in [-0.2, -0.15) is 0 Å². The highest BCUT2D eigenvalue weighted by molar-refractivity contribution is 9.10. The van der Waals surface area contributed by atoms with Crippen LogP contribution in [0.2, 0.25) is 0 Å². The van der Waals surface area contributed by atoms with Gasteiger partial charge in [0, 0.05) is 6.07 Å². The molecule has 26 heavy (non-hydrogen) atoms. The van der Waals surface area contributed by atoms with Crippen LogP contribution in [0.5, 0.6) is 11.5 Å². The van der Waals surface area contributed by atoms with Crippen molar-refractivity contribution in [2.75, 3.05) is 11.9 Å². The number of aromatic hydroxyl groups is 1. The van der Waals surface area contributed by atoms with E-state index in [-0.39, 0.29) is 28.8 Å². The van der Waals surface area contributed by atoms with Crippen LogP contribution >= 0.6 is 28.1 Å². The zero-order valence-corrected chi connectivity index (χ0v) is 15.9. The maximum Gasteiger partial charge on any atom is 0.273 e. The molecule has 0 fully saturated rings. The summed E-state index contributed by atoms with van der Waals surface area (Å²) in [4.78, 5) is 21.9. The fourth-order valence-corrected chi connectivity index (χ4v) is 2.75. The van der Waals surface area contributed by atoms with Crippen molar-refractivity contribution in [1.82, 2.24) is 5.32 Å². The molecule has 8 nitrogen and oxygen atoms in total. The first-order valence-electron chi connectivity index (χ1n) is 7.23. The van der Waals surface area contributed by atoms with Crippen LogP contribution < -0.4 is 15.4 Å². The molecule has 0 saturated heterocycles. The quantitative estimate of drug-likeness (QED) is 0.283. The molecule has 0 unspecified atom stereocenters. The predicted octanol–water partition coefficient (Wildman–Crippen LogP) is 3.26. The van der Waals surface area contributed by atoms with Gasteiger partial charge in [-0.15, -0.1) is 0 Å². The molecule has 1 amide bonds. The van der Waals surface area contributed by atoms with Crippen molar-refractivity contribution in [2.24, 2.45) is 0 Å². The van der Waals surface area contributed by atoms with Crippen molar-refractivity contribution < 1.29 is 19.6 Å². The Hall–Kier alpha value is -2.72. The van der Waals surface area contributed by atoms with Crippen LogP contribution in [-0.2, 0) is 4.79 Å². The molecular formula is C16H14BrN3O5S. The van der Waals surface area contributed by atoms with Gasteiger partial charge >= 0.3 is 0 Å². The van der Waals surface area contributed by atoms with Gasteiger partial charge in [0.1, 0.15) is 11.5 Å². The summed E-state index contributed by atoms with van der Waals surface area (Å²) in [5, 5.41) is 25.3. The second-order valence-electron chi connectivity index (χ2n) is 5.18. The molecule has 0 saturated carbocycles. The van der Waals surface area contributed by atoms with Gasteiger partial charge < -0.3 is 15.2 Å². The van der Waals surface area contributed by atoms with Gasteiger partial charge in [0.25, 0.3) is 11.6 Å². The van der Waals surface area contributed by atoms with Gasteiger partial charge in [-0.25, -0.2) is 0 Å². The van der Waals surface area contributed by atoms with E-state index in [4.69, 9.17) is 17.0 Å². The van der Waals surface area contributed by atoms with Crippen molar-refractivity contribution in [3.8, 4) is 11.5 Å². The average molecular weight is 440 g/mol. The molecule has 2 aromatic rings. The lowest BCUT2D eigenvalue weighted by molar-refractivity contribution is -0.384. The van der Waals surface area contributed by atoms with Gasteiger partial charge in [-0.1, -0.05) is 6.07 Å². The number of nitro benzene ring substituents is 1. The van der Waals surface area contributed by atoms with Crippen LogP contribution in [0.3, 0.4) is 0 Å². The number of ether oxygens (including phenoxy) is 1. The molecule has 0 radical (unpaired) electrons. The topological polar surface area (TPSA) is 114 Å². The van der Waals surface area contributed by atoms with Crippen LogP contribution in [0.25, 0.3) is 0 Å². The third-order valence-corrected chi connectivity index (χ3v) is 3.96. The molecule has 0 aromatic heterocycles. The number of halogens is 1. The lowest BCUT2D eigenvalue weighted by Gasteiger charge is -2.12. The highest BCUT2D eigenvalue weighted by atomic mass is 79.9. The number of nitrogens with zero attached hydrogens (tertiary/aromatic N) is 1. The SMILES string of the molecule is Cc1ccc(OCC(=O)NC(=S)Nc2ccc([N+](=O)[O-])cc2O)c(Br)c1. The number of carbonyl (C=O) groups is 1. The first kappa shape index (κ1) is 19.6. The molecule has 0 bridgehead atoms. The summed E-state index contributed by atoms with van der Waals surface area (Å²) in [6.45, 7) is 1.66. The maximum absolute atomic E-state index is 11.9. The third-order valence-electron chi connectivity index (χ3n) is 3.14. The number of nitrogens with one attached hydrogen (secondary N) is 2. The molecular weight excluding hydrogens is 426 g/mol. The second kappa shape index (κ2) is 8.59. The van der Waals surface area contributed by atoms with E-state index >= 15 is 0 Å². The minimum atomic E-state index is -0.635. The molecule has 2 aromatic carbocycles. The fourth-order valence-electron chi connectivity index (χ4n) is 1.92. The van der Waals surface area contributed by atoms with E-state index in [9.17, 15) is 20.0 Å². The first-order valence-corrected chi connectivity index (χ1v) is 8.43. The molecule has 0 spiro atoms. The van der Waals surface area contributed by atoms with Crippen LogP contribution in [0.15, 0.2) is 40.9 Å². The minimum absolute atomic E-state index is 0.0780. The van der Waals surface area contributed by atoms with Crippen molar-refractivity contribution in [3.05, 3.63) is 56.5 Å². The molecule has 10 heteroatoms. The van der Waals surface area contributed by atoms with E-state index in [1.54, 1.807) is 6.07 Å². The number of anilines is 1. The Balaban J connectivity index is 1.89. The van der Waals surface area contributed by atoms with Crippen molar-refractivity contribution in [2.45, 2.75) is 6.92 Å². The summed E-state index contributed by atoms with van der Waals surface area (Å²) in [7, 11) is 0. The number of thiocarbonyl (C=S) groups is 1. The standard InChI is InChI=1S/C16H14BrN3O5S/c1-9-2-5-14(11(17)6-9)25-8-15(22)19-16(26)18-12-4-3-10(20(23)24)7-13(12)21/h2-7,21H,8H2,1H3,(H2,18,19,22,26). The van der Waals surface area contributed by atoms with Gasteiger partial charge in [0.05, 0.1) is 21.1 Å². The van der Waals surface area contributed by atoms with Gasteiger partial charge in [-0.3, -0.25) is 20.2 Å². The molecule has 2 rings (SSSR count). The van der Waals surface area contributed by atoms with Crippen molar-refractivity contribution >= 4 is 50.5 Å². The van der Waals surface area contributed by atoms with E-state index in [0.717, 1.165) is 16.1 Å². The lowest BCUT2D eigenvalue weighted by atomic mass is 10.2. The maximum atomic E-state index is 11.9. The number of nitro groups is 1. The number of aryl methyl sites for hydroxylation is 1. The zero-order valence-electron chi connectivity index (χ0n) is 13.5. The van der Waals surface area contributed by atoms with Gasteiger partial charge in [-0.05, 0) is 58.8 Å². The van der Waals surface area contributed by atoms with E-state index in [0.29, 0.717) is 5.75 Å². The Labute approximate surface area is 162 Å². The third kappa shape index (κ3) is 5.39. The van der Waals surface area contributed by atoms with Gasteiger partial charge in [0.15, 0.2) is 11.7 Å². The fraction of sp³-hybridized carbons (Fsp3) is 0.125. The van der Waals surface area contributed by atoms with Crippen molar-refractivity contribution in [3.63, 3.8) is 0 Å². The number of carbonyl (C=O) groups excluding carboxylic acids is 1. The van der Waals surface area contributed by atoms with E-state index in [1.807, 2.05) is 19.1 Å². The average Bonchev–Trinajstić information content (AvgIpc) is 2.55. The lowest BCUT2D eigenvalue weighted by Crippen LogP contribution is -2.37. The smallest absolute Gasteiger partial charge is 0.273 e. The Bertz CT molecular complexity index is 875. The number of benzene rings is 2. The van der Waals surface area contributed by atoms with Crippen LogP contribution in [0.1, 0.15) is 5.56 Å². The summed E-state index contributed by atoms with van der Waals surface area (Å²) in [5.74, 6) is -0.357. The molecule has 0 heterocycles. The van der Waals surface area contributed by atoms with Crippen LogP contribution in [0, 0.1) is 17.0 Å². The number of phenols is 1. The van der Waals surface area contributed by atoms with E-state index in [2.05, 4.69) is 26.6 Å². The molecule has 0 aliphatic heterocycles. The number of hydrogen-bond acceptors (Lipinski definition) is 6. The number of rotatable bonds is 5. The summed E-state index contributed by atoms with van der Waals surface area (Å²) in [6, 6.07) is 8.90. The van der Waals surface area contributed by atoms with E-state index in [1.165, 1.54) is 12.1 Å². The number of amides is 1. The normalized spacial score (nSPS) is 10.1. The van der Waals surface area contributed by atoms with Crippen LogP contribution in [-0.4, -0.2) is 27.7 Å². The Morgan fingerprint density at radius 3 is 2.69 bits per heavy atom. The molecule has 0 atom stereocenters. The Kier molecular flexibility index (Phi) is 6.47. The summed E-state index contributed by atoms with van der Waals surface area (Å²) < 4.78 is 6.12. The molecule has 0 aliphatic rings. The molecule has 0 aliphatic carbocycles. The molecule has 3 N–H and O–H groups in total. The minimum Gasteiger partial charge on any atom is -0.506 e. The van der Waals surface area contributed by atoms with Gasteiger partial charge in [0.2, 0.25) is 0 Å². The highest BCUT2D eigenvalue weighted by Crippen LogP contribution is 2.28. The zero-order chi connectivity index (χ0) is 19.3. The number of phenolic OH excluding ortho intramolecular Hbond substituents is 1. The molecule has 136 valence electrons. The predicted molar refractivity (Wildman–Crippen MR) is 103 cm³/mol. The second-order valence-corrected chi connectivity index (χ2v) is 6.45. The summed E-state index contributed by atoms with van der Waals surface area (Å²) in [6.07, 6.45) is 0. The summed E-state index contributed by atoms with van der Waals surface area (Å²) in [5.41, 5.74) is 0.908. The first-order chi connectivity index (χ1) is 12.3. The number of non-ortho nitro benzene ring substituents is 1. The highest BCUT2D eigenvalue weighted by Gasteiger charge is 2.12. The monoisotopic (exact) mass is 439 g/mol. The van der Waals surface area contributed by atoms with Crippen molar-refractivity contribution in [1.29, 1.82) is 0 Å². The van der Waals surface area contributed by atoms with Crippen LogP contribution in [0.4, 0.5) is 11.4 Å². The largest absolute Gasteiger partial charge is 0.506 e. The number of hydrogen-bond donors (Lipinski definition) is 3. The van der Waals surface area contributed by atoms with E-state index < -0.39 is 10.8 Å². The Morgan fingerprint density at radius 2 is 2.08 bits per heavy atom.